The van der Waals surface area contributed by atoms with E-state index in [4.69, 9.17) is 4.74 Å². The number of ether oxygens (including phenoxy) is 1. The van der Waals surface area contributed by atoms with Crippen molar-refractivity contribution in [1.29, 1.82) is 0 Å². The second-order valence-electron chi connectivity index (χ2n) is 5.18. The number of para-hydroxylation sites is 1. The Morgan fingerprint density at radius 1 is 1.10 bits per heavy atom. The van der Waals surface area contributed by atoms with E-state index in [0.717, 1.165) is 22.5 Å². The van der Waals surface area contributed by atoms with Crippen LogP contribution in [0.25, 0.3) is 0 Å². The largest absolute Gasteiger partial charge is 0.456 e. The summed E-state index contributed by atoms with van der Waals surface area (Å²) in [7, 11) is 0. The van der Waals surface area contributed by atoms with Crippen molar-refractivity contribution >= 4 is 15.9 Å². The second-order valence-corrected chi connectivity index (χ2v) is 6.03. The molecule has 2 aromatic rings. The molecule has 0 spiro atoms. The maximum absolute atomic E-state index is 6.04. The lowest BCUT2D eigenvalue weighted by molar-refractivity contribution is 0.466. The first-order valence-corrected chi connectivity index (χ1v) is 7.61. The zero-order chi connectivity index (χ0) is 14.5. The molecule has 0 aliphatic carbocycles. The zero-order valence-corrected chi connectivity index (χ0v) is 13.7. The summed E-state index contributed by atoms with van der Waals surface area (Å²) >= 11 is 3.51. The van der Waals surface area contributed by atoms with Crippen LogP contribution in [0.2, 0.25) is 0 Å². The minimum Gasteiger partial charge on any atom is -0.456 e. The molecule has 0 atom stereocenters. The van der Waals surface area contributed by atoms with E-state index in [2.05, 4.69) is 54.2 Å². The van der Waals surface area contributed by atoms with E-state index in [1.165, 1.54) is 11.1 Å². The molecule has 0 saturated heterocycles. The number of benzene rings is 2. The molecule has 0 unspecified atom stereocenters. The fraction of sp³-hybridized carbons (Fsp3) is 0.294. The predicted octanol–water partition coefficient (Wildman–Crippen LogP) is 5.05. The molecule has 0 aromatic heterocycles. The minimum absolute atomic E-state index is 0.451. The maximum Gasteiger partial charge on any atom is 0.141 e. The Morgan fingerprint density at radius 3 is 2.55 bits per heavy atom. The molecule has 0 fully saturated rings. The van der Waals surface area contributed by atoms with Crippen molar-refractivity contribution in [3.05, 3.63) is 58.1 Å². The molecule has 2 aromatic carbocycles. The number of hydrogen-bond donors (Lipinski definition) is 1. The van der Waals surface area contributed by atoms with Gasteiger partial charge in [0.1, 0.15) is 11.5 Å². The average Bonchev–Trinajstić information content (AvgIpc) is 2.41. The molecular formula is C17H20BrNO. The Morgan fingerprint density at radius 2 is 1.85 bits per heavy atom. The van der Waals surface area contributed by atoms with Gasteiger partial charge in [-0.3, -0.25) is 0 Å². The van der Waals surface area contributed by atoms with Gasteiger partial charge in [0.15, 0.2) is 0 Å². The lowest BCUT2D eigenvalue weighted by Crippen LogP contribution is -2.22. The number of aryl methyl sites for hydroxylation is 1. The SMILES string of the molecule is Cc1ccc(Oc2ccccc2Br)c(CNC(C)C)c1. The third-order valence-corrected chi connectivity index (χ3v) is 3.63. The van der Waals surface area contributed by atoms with Crippen molar-refractivity contribution in [3.8, 4) is 11.5 Å². The van der Waals surface area contributed by atoms with Crippen LogP contribution in [0.3, 0.4) is 0 Å². The van der Waals surface area contributed by atoms with E-state index in [-0.39, 0.29) is 0 Å². The van der Waals surface area contributed by atoms with Gasteiger partial charge in [0.25, 0.3) is 0 Å². The van der Waals surface area contributed by atoms with Gasteiger partial charge in [0.2, 0.25) is 0 Å². The summed E-state index contributed by atoms with van der Waals surface area (Å²) in [5.41, 5.74) is 2.42. The number of nitrogens with one attached hydrogen (secondary N) is 1. The second kappa shape index (κ2) is 6.91. The maximum atomic E-state index is 6.04. The van der Waals surface area contributed by atoms with E-state index in [0.29, 0.717) is 6.04 Å². The standard InChI is InChI=1S/C17H20BrNO/c1-12(2)19-11-14-10-13(3)8-9-16(14)20-17-7-5-4-6-15(17)18/h4-10,12,19H,11H2,1-3H3. The lowest BCUT2D eigenvalue weighted by Gasteiger charge is -2.15. The molecule has 1 N–H and O–H groups in total. The molecular weight excluding hydrogens is 314 g/mol. The summed E-state index contributed by atoms with van der Waals surface area (Å²) in [6.07, 6.45) is 0. The normalized spacial score (nSPS) is 10.8. The van der Waals surface area contributed by atoms with Crippen LogP contribution in [0.1, 0.15) is 25.0 Å². The molecule has 20 heavy (non-hydrogen) atoms. The Bertz CT molecular complexity index is 581. The van der Waals surface area contributed by atoms with Crippen LogP contribution < -0.4 is 10.1 Å². The molecule has 0 heterocycles. The van der Waals surface area contributed by atoms with Crippen LogP contribution in [0.4, 0.5) is 0 Å². The van der Waals surface area contributed by atoms with Crippen molar-refractivity contribution in [1.82, 2.24) is 5.32 Å². The predicted molar refractivity (Wildman–Crippen MR) is 87.4 cm³/mol. The topological polar surface area (TPSA) is 21.3 Å². The van der Waals surface area contributed by atoms with Gasteiger partial charge in [-0.15, -0.1) is 0 Å². The number of rotatable bonds is 5. The quantitative estimate of drug-likeness (QED) is 0.826. The van der Waals surface area contributed by atoms with Crippen molar-refractivity contribution in [2.45, 2.75) is 33.4 Å². The summed E-state index contributed by atoms with van der Waals surface area (Å²) in [6.45, 7) is 7.19. The molecule has 0 saturated carbocycles. The number of hydrogen-bond acceptors (Lipinski definition) is 2. The summed E-state index contributed by atoms with van der Waals surface area (Å²) in [4.78, 5) is 0. The molecule has 106 valence electrons. The summed E-state index contributed by atoms with van der Waals surface area (Å²) in [5, 5.41) is 3.44. The molecule has 0 amide bonds. The fourth-order valence-corrected chi connectivity index (χ4v) is 2.27. The van der Waals surface area contributed by atoms with E-state index >= 15 is 0 Å². The van der Waals surface area contributed by atoms with Crippen LogP contribution >= 0.6 is 15.9 Å². The zero-order valence-electron chi connectivity index (χ0n) is 12.1. The van der Waals surface area contributed by atoms with Crippen LogP contribution in [0.5, 0.6) is 11.5 Å². The van der Waals surface area contributed by atoms with Gasteiger partial charge < -0.3 is 10.1 Å². The van der Waals surface area contributed by atoms with Gasteiger partial charge in [-0.05, 0) is 41.1 Å². The first kappa shape index (κ1) is 15.1. The highest BCUT2D eigenvalue weighted by atomic mass is 79.9. The van der Waals surface area contributed by atoms with Gasteiger partial charge in [0, 0.05) is 18.2 Å². The van der Waals surface area contributed by atoms with Crippen LogP contribution in [0, 0.1) is 6.92 Å². The Labute approximate surface area is 129 Å². The lowest BCUT2D eigenvalue weighted by atomic mass is 10.1. The molecule has 0 aliphatic rings. The van der Waals surface area contributed by atoms with E-state index < -0.39 is 0 Å². The summed E-state index contributed by atoms with van der Waals surface area (Å²) in [6, 6.07) is 14.6. The first-order chi connectivity index (χ1) is 9.56. The van der Waals surface area contributed by atoms with E-state index in [1.54, 1.807) is 0 Å². The van der Waals surface area contributed by atoms with Crippen LogP contribution in [-0.4, -0.2) is 6.04 Å². The third kappa shape index (κ3) is 4.09. The third-order valence-electron chi connectivity index (χ3n) is 2.97. The van der Waals surface area contributed by atoms with E-state index in [9.17, 15) is 0 Å². The molecule has 2 rings (SSSR count). The highest BCUT2D eigenvalue weighted by Crippen LogP contribution is 2.31. The van der Waals surface area contributed by atoms with Gasteiger partial charge in [-0.25, -0.2) is 0 Å². The highest BCUT2D eigenvalue weighted by molar-refractivity contribution is 9.10. The number of halogens is 1. The summed E-state index contributed by atoms with van der Waals surface area (Å²) < 4.78 is 7.00. The van der Waals surface area contributed by atoms with Crippen LogP contribution in [0.15, 0.2) is 46.9 Å². The minimum atomic E-state index is 0.451. The molecule has 0 aliphatic heterocycles. The molecule has 2 nitrogen and oxygen atoms in total. The molecule has 3 heteroatoms. The fourth-order valence-electron chi connectivity index (χ4n) is 1.91. The average molecular weight is 334 g/mol. The van der Waals surface area contributed by atoms with Gasteiger partial charge in [-0.2, -0.15) is 0 Å². The smallest absolute Gasteiger partial charge is 0.141 e. The van der Waals surface area contributed by atoms with Crippen molar-refractivity contribution in [3.63, 3.8) is 0 Å². The van der Waals surface area contributed by atoms with Crippen molar-refractivity contribution in [2.24, 2.45) is 0 Å². The first-order valence-electron chi connectivity index (χ1n) is 6.81. The Hall–Kier alpha value is -1.32. The van der Waals surface area contributed by atoms with Crippen molar-refractivity contribution < 1.29 is 4.74 Å². The summed E-state index contributed by atoms with van der Waals surface area (Å²) in [5.74, 6) is 1.73. The van der Waals surface area contributed by atoms with Gasteiger partial charge in [0.05, 0.1) is 4.47 Å². The van der Waals surface area contributed by atoms with Crippen LogP contribution in [-0.2, 0) is 6.54 Å². The molecule has 0 radical (unpaired) electrons. The van der Waals surface area contributed by atoms with E-state index in [1.807, 2.05) is 30.3 Å². The Balaban J connectivity index is 2.24. The monoisotopic (exact) mass is 333 g/mol. The van der Waals surface area contributed by atoms with Gasteiger partial charge in [-0.1, -0.05) is 43.7 Å². The van der Waals surface area contributed by atoms with Gasteiger partial charge >= 0.3 is 0 Å². The Kier molecular flexibility index (Phi) is 5.21. The van der Waals surface area contributed by atoms with Crippen molar-refractivity contribution in [2.75, 3.05) is 0 Å². The molecule has 0 bridgehead atoms. The highest BCUT2D eigenvalue weighted by Gasteiger charge is 2.08.